The summed E-state index contributed by atoms with van der Waals surface area (Å²) in [6.45, 7) is 4.49. The second-order valence-corrected chi connectivity index (χ2v) is 6.90. The minimum Gasteiger partial charge on any atom is -0.481 e. The Labute approximate surface area is 170 Å². The molecule has 0 bridgehead atoms. The van der Waals surface area contributed by atoms with Crippen molar-refractivity contribution < 1.29 is 9.53 Å². The van der Waals surface area contributed by atoms with E-state index < -0.39 is 6.10 Å². The van der Waals surface area contributed by atoms with Crippen LogP contribution in [0.25, 0.3) is 11.3 Å². The summed E-state index contributed by atoms with van der Waals surface area (Å²) in [5.41, 5.74) is 1.73. The molecule has 2 aromatic heterocycles. The lowest BCUT2D eigenvalue weighted by molar-refractivity contribution is -0.138. The molecule has 1 saturated heterocycles. The highest BCUT2D eigenvalue weighted by Crippen LogP contribution is 2.19. The summed E-state index contributed by atoms with van der Waals surface area (Å²) in [7, 11) is 0. The molecule has 7 heteroatoms. The van der Waals surface area contributed by atoms with Gasteiger partial charge in [0.1, 0.15) is 5.75 Å². The number of piperazine rings is 1. The third-order valence-electron chi connectivity index (χ3n) is 4.93. The Morgan fingerprint density at radius 2 is 1.76 bits per heavy atom. The minimum atomic E-state index is -0.512. The van der Waals surface area contributed by atoms with Crippen LogP contribution in [0.15, 0.2) is 67.0 Å². The van der Waals surface area contributed by atoms with E-state index in [0.717, 1.165) is 17.1 Å². The number of hydrogen-bond acceptors (Lipinski definition) is 6. The minimum absolute atomic E-state index is 0.00603. The van der Waals surface area contributed by atoms with Crippen LogP contribution in [0, 0.1) is 0 Å². The summed E-state index contributed by atoms with van der Waals surface area (Å²) in [4.78, 5) is 20.8. The lowest BCUT2D eigenvalue weighted by atomic mass is 10.2. The Bertz CT molecular complexity index is 926. The van der Waals surface area contributed by atoms with Gasteiger partial charge in [0.25, 0.3) is 5.91 Å². The zero-order chi connectivity index (χ0) is 20.1. The van der Waals surface area contributed by atoms with E-state index in [2.05, 4.69) is 20.1 Å². The van der Waals surface area contributed by atoms with Crippen LogP contribution in [0.2, 0.25) is 0 Å². The maximum Gasteiger partial charge on any atom is 0.263 e. The van der Waals surface area contributed by atoms with Crippen LogP contribution in [0.5, 0.6) is 5.75 Å². The number of amides is 1. The van der Waals surface area contributed by atoms with Gasteiger partial charge in [-0.2, -0.15) is 0 Å². The highest BCUT2D eigenvalue weighted by Gasteiger charge is 2.26. The fourth-order valence-corrected chi connectivity index (χ4v) is 3.33. The van der Waals surface area contributed by atoms with Crippen molar-refractivity contribution in [3.63, 3.8) is 0 Å². The molecule has 0 saturated carbocycles. The van der Waals surface area contributed by atoms with Gasteiger partial charge < -0.3 is 14.5 Å². The summed E-state index contributed by atoms with van der Waals surface area (Å²) in [6, 6.07) is 17.2. The van der Waals surface area contributed by atoms with Crippen LogP contribution in [0.1, 0.15) is 6.92 Å². The molecule has 1 amide bonds. The monoisotopic (exact) mass is 389 g/mol. The Morgan fingerprint density at radius 1 is 0.966 bits per heavy atom. The van der Waals surface area contributed by atoms with Gasteiger partial charge in [0.05, 0.1) is 5.69 Å². The predicted octanol–water partition coefficient (Wildman–Crippen LogP) is 2.65. The number of aromatic nitrogens is 3. The lowest BCUT2D eigenvalue weighted by Gasteiger charge is -2.36. The van der Waals surface area contributed by atoms with Crippen molar-refractivity contribution in [3.8, 4) is 17.0 Å². The topological polar surface area (TPSA) is 71.5 Å². The van der Waals surface area contributed by atoms with Crippen molar-refractivity contribution in [3.05, 3.63) is 67.0 Å². The number of para-hydroxylation sites is 1. The van der Waals surface area contributed by atoms with Crippen molar-refractivity contribution in [2.75, 3.05) is 31.1 Å². The van der Waals surface area contributed by atoms with Crippen molar-refractivity contribution in [1.82, 2.24) is 20.1 Å². The predicted molar refractivity (Wildman–Crippen MR) is 111 cm³/mol. The average molecular weight is 389 g/mol. The molecule has 29 heavy (non-hydrogen) atoms. The van der Waals surface area contributed by atoms with Crippen LogP contribution in [-0.2, 0) is 4.79 Å². The van der Waals surface area contributed by atoms with Gasteiger partial charge >= 0.3 is 0 Å². The maximum absolute atomic E-state index is 12.7. The molecule has 0 aliphatic carbocycles. The summed E-state index contributed by atoms with van der Waals surface area (Å²) in [5.74, 6) is 1.53. The van der Waals surface area contributed by atoms with Crippen LogP contribution in [-0.4, -0.2) is 58.3 Å². The summed E-state index contributed by atoms with van der Waals surface area (Å²) < 4.78 is 5.76. The summed E-state index contributed by atoms with van der Waals surface area (Å²) >= 11 is 0. The molecule has 148 valence electrons. The zero-order valence-corrected chi connectivity index (χ0v) is 16.3. The molecule has 1 unspecified atom stereocenters. The van der Waals surface area contributed by atoms with Gasteiger partial charge in [-0.15, -0.1) is 10.2 Å². The average Bonchev–Trinajstić information content (AvgIpc) is 2.80. The molecule has 3 aromatic rings. The molecule has 1 atom stereocenters. The number of pyridine rings is 1. The fourth-order valence-electron chi connectivity index (χ4n) is 3.33. The quantitative estimate of drug-likeness (QED) is 0.668. The SMILES string of the molecule is CC(Oc1ccccc1)C(=O)N1CCN(c2ccc(-c3cccnc3)nn2)CC1. The van der Waals surface area contributed by atoms with Crippen LogP contribution in [0.3, 0.4) is 0 Å². The van der Waals surface area contributed by atoms with Crippen LogP contribution in [0.4, 0.5) is 5.82 Å². The first-order valence-corrected chi connectivity index (χ1v) is 9.70. The van der Waals surface area contributed by atoms with Gasteiger partial charge in [-0.05, 0) is 43.3 Å². The normalized spacial score (nSPS) is 15.1. The number of benzene rings is 1. The smallest absolute Gasteiger partial charge is 0.263 e. The third-order valence-corrected chi connectivity index (χ3v) is 4.93. The zero-order valence-electron chi connectivity index (χ0n) is 16.3. The second-order valence-electron chi connectivity index (χ2n) is 6.90. The van der Waals surface area contributed by atoms with Gasteiger partial charge in [-0.1, -0.05) is 18.2 Å². The molecule has 4 rings (SSSR count). The first kappa shape index (κ1) is 18.9. The van der Waals surface area contributed by atoms with Crippen molar-refractivity contribution in [1.29, 1.82) is 0 Å². The molecule has 3 heterocycles. The third kappa shape index (κ3) is 4.51. The van der Waals surface area contributed by atoms with Gasteiger partial charge in [-0.25, -0.2) is 0 Å². The van der Waals surface area contributed by atoms with E-state index in [1.807, 2.05) is 59.5 Å². The van der Waals surface area contributed by atoms with Crippen LogP contribution < -0.4 is 9.64 Å². The summed E-state index contributed by atoms with van der Waals surface area (Å²) in [5, 5.41) is 8.68. The van der Waals surface area contributed by atoms with Gasteiger partial charge in [0.15, 0.2) is 11.9 Å². The van der Waals surface area contributed by atoms with Crippen molar-refractivity contribution >= 4 is 11.7 Å². The Hall–Kier alpha value is -3.48. The summed E-state index contributed by atoms with van der Waals surface area (Å²) in [6.07, 6.45) is 2.99. The van der Waals surface area contributed by atoms with Crippen molar-refractivity contribution in [2.24, 2.45) is 0 Å². The van der Waals surface area contributed by atoms with Crippen LogP contribution >= 0.6 is 0 Å². The van der Waals surface area contributed by atoms with Gasteiger partial charge in [0, 0.05) is 44.1 Å². The lowest BCUT2D eigenvalue weighted by Crippen LogP contribution is -2.52. The molecular weight excluding hydrogens is 366 g/mol. The standard InChI is InChI=1S/C22H23N5O2/c1-17(29-19-7-3-2-4-8-19)22(28)27-14-12-26(13-15-27)21-10-9-20(24-25-21)18-6-5-11-23-16-18/h2-11,16-17H,12-15H2,1H3. The molecule has 7 nitrogen and oxygen atoms in total. The number of carbonyl (C=O) groups excluding carboxylic acids is 1. The molecule has 1 aliphatic rings. The molecule has 1 aliphatic heterocycles. The molecular formula is C22H23N5O2. The second kappa shape index (κ2) is 8.68. The highest BCUT2D eigenvalue weighted by molar-refractivity contribution is 5.81. The number of carbonyl (C=O) groups is 1. The Morgan fingerprint density at radius 3 is 2.41 bits per heavy atom. The molecule has 0 N–H and O–H groups in total. The highest BCUT2D eigenvalue weighted by atomic mass is 16.5. The van der Waals surface area contributed by atoms with E-state index in [1.54, 1.807) is 19.3 Å². The largest absolute Gasteiger partial charge is 0.481 e. The van der Waals surface area contributed by atoms with Crippen molar-refractivity contribution in [2.45, 2.75) is 13.0 Å². The van der Waals surface area contributed by atoms with E-state index in [4.69, 9.17) is 4.74 Å². The van der Waals surface area contributed by atoms with E-state index in [1.165, 1.54) is 0 Å². The number of nitrogens with zero attached hydrogens (tertiary/aromatic N) is 5. The number of anilines is 1. The Balaban J connectivity index is 1.32. The molecule has 1 fully saturated rings. The van der Waals surface area contributed by atoms with Gasteiger partial charge in [0.2, 0.25) is 0 Å². The van der Waals surface area contributed by atoms with E-state index in [0.29, 0.717) is 31.9 Å². The number of hydrogen-bond donors (Lipinski definition) is 0. The first-order valence-electron chi connectivity index (χ1n) is 9.70. The first-order chi connectivity index (χ1) is 14.2. The number of ether oxygens (including phenoxy) is 1. The maximum atomic E-state index is 12.7. The molecule has 1 aromatic carbocycles. The Kier molecular flexibility index (Phi) is 5.65. The van der Waals surface area contributed by atoms with Gasteiger partial charge in [-0.3, -0.25) is 9.78 Å². The molecule has 0 radical (unpaired) electrons. The number of rotatable bonds is 5. The molecule has 0 spiro atoms. The van der Waals surface area contributed by atoms with E-state index in [9.17, 15) is 4.79 Å². The van der Waals surface area contributed by atoms with E-state index >= 15 is 0 Å². The fraction of sp³-hybridized carbons (Fsp3) is 0.273. The van der Waals surface area contributed by atoms with E-state index in [-0.39, 0.29) is 5.91 Å².